The molecule has 2 aromatic rings. The second kappa shape index (κ2) is 8.04. The molecule has 0 atom stereocenters. The maximum atomic E-state index is 4.28. The van der Waals surface area contributed by atoms with Gasteiger partial charge in [0.25, 0.3) is 0 Å². The van der Waals surface area contributed by atoms with Gasteiger partial charge in [0.15, 0.2) is 0 Å². The predicted molar refractivity (Wildman–Crippen MR) is 82.6 cm³/mol. The van der Waals surface area contributed by atoms with Gasteiger partial charge in [-0.05, 0) is 6.07 Å². The van der Waals surface area contributed by atoms with Crippen LogP contribution in [0.2, 0.25) is 0 Å². The van der Waals surface area contributed by atoms with Crippen molar-refractivity contribution >= 4 is 30.8 Å². The normalized spacial score (nSPS) is 15.3. The summed E-state index contributed by atoms with van der Waals surface area (Å²) in [4.78, 5) is 20.4. The maximum absolute atomic E-state index is 4.28. The van der Waals surface area contributed by atoms with Crippen molar-refractivity contribution in [2.45, 2.75) is 6.54 Å². The van der Waals surface area contributed by atoms with Crippen LogP contribution < -0.4 is 4.90 Å². The average molecular weight is 317 g/mol. The van der Waals surface area contributed by atoms with Gasteiger partial charge in [-0.2, -0.15) is 0 Å². The van der Waals surface area contributed by atoms with Gasteiger partial charge >= 0.3 is 0 Å². The Bertz CT molecular complexity index is 470. The molecule has 8 heteroatoms. The SMILES string of the molecule is Cl.Cl.c1cnc(N2CCN(Cc3cnc[nH]3)CC2)nc1. The average Bonchev–Trinajstić information content (AvgIpc) is 2.94. The lowest BCUT2D eigenvalue weighted by molar-refractivity contribution is 0.246. The number of halogens is 2. The van der Waals surface area contributed by atoms with Crippen LogP contribution in [0, 0.1) is 0 Å². The minimum absolute atomic E-state index is 0. The lowest BCUT2D eigenvalue weighted by atomic mass is 10.3. The first kappa shape index (κ1) is 16.7. The van der Waals surface area contributed by atoms with Crippen LogP contribution in [0.25, 0.3) is 0 Å². The summed E-state index contributed by atoms with van der Waals surface area (Å²) in [5.41, 5.74) is 1.17. The topological polar surface area (TPSA) is 60.9 Å². The van der Waals surface area contributed by atoms with Crippen LogP contribution in [-0.4, -0.2) is 51.0 Å². The Kier molecular flexibility index (Phi) is 6.70. The van der Waals surface area contributed by atoms with Crippen LogP contribution in [0.5, 0.6) is 0 Å². The summed E-state index contributed by atoms with van der Waals surface area (Å²) >= 11 is 0. The summed E-state index contributed by atoms with van der Waals surface area (Å²) in [6.45, 7) is 4.92. The first-order valence-corrected chi connectivity index (χ1v) is 6.13. The fourth-order valence-corrected chi connectivity index (χ4v) is 2.17. The van der Waals surface area contributed by atoms with Crippen LogP contribution in [0.3, 0.4) is 0 Å². The highest BCUT2D eigenvalue weighted by Crippen LogP contribution is 2.11. The van der Waals surface area contributed by atoms with E-state index in [-0.39, 0.29) is 24.8 Å². The zero-order chi connectivity index (χ0) is 12.2. The standard InChI is InChI=1S/C12H16N6.2ClH/c1-2-14-12(15-3-1)18-6-4-17(5-7-18)9-11-8-13-10-16-11;;/h1-3,8,10H,4-7,9H2,(H,13,16);2*1H. The number of H-pyrrole nitrogens is 1. The smallest absolute Gasteiger partial charge is 0.225 e. The summed E-state index contributed by atoms with van der Waals surface area (Å²) in [5.74, 6) is 0.832. The Balaban J connectivity index is 0.000001000. The van der Waals surface area contributed by atoms with E-state index in [2.05, 4.69) is 29.7 Å². The van der Waals surface area contributed by atoms with Crippen LogP contribution in [-0.2, 0) is 6.54 Å². The number of aromatic nitrogens is 4. The molecule has 0 aliphatic carbocycles. The molecule has 1 saturated heterocycles. The minimum Gasteiger partial charge on any atom is -0.347 e. The molecule has 2 aromatic heterocycles. The molecule has 0 amide bonds. The number of hydrogen-bond donors (Lipinski definition) is 1. The quantitative estimate of drug-likeness (QED) is 0.926. The highest BCUT2D eigenvalue weighted by molar-refractivity contribution is 5.85. The number of nitrogens with one attached hydrogen (secondary N) is 1. The van der Waals surface area contributed by atoms with Gasteiger partial charge in [0.1, 0.15) is 0 Å². The summed E-state index contributed by atoms with van der Waals surface area (Å²) < 4.78 is 0. The number of piperazine rings is 1. The van der Waals surface area contributed by atoms with Crippen molar-refractivity contribution in [3.8, 4) is 0 Å². The van der Waals surface area contributed by atoms with E-state index in [0.29, 0.717) is 0 Å². The third-order valence-corrected chi connectivity index (χ3v) is 3.16. The molecular weight excluding hydrogens is 299 g/mol. The van der Waals surface area contributed by atoms with Crippen LogP contribution in [0.4, 0.5) is 5.95 Å². The molecule has 3 heterocycles. The van der Waals surface area contributed by atoms with Crippen molar-refractivity contribution in [3.05, 3.63) is 36.7 Å². The summed E-state index contributed by atoms with van der Waals surface area (Å²) in [6, 6.07) is 1.85. The molecule has 1 aliphatic rings. The van der Waals surface area contributed by atoms with E-state index in [4.69, 9.17) is 0 Å². The van der Waals surface area contributed by atoms with Crippen molar-refractivity contribution in [3.63, 3.8) is 0 Å². The fourth-order valence-electron chi connectivity index (χ4n) is 2.17. The largest absolute Gasteiger partial charge is 0.347 e. The molecule has 110 valence electrons. The van der Waals surface area contributed by atoms with Crippen LogP contribution in [0.15, 0.2) is 31.0 Å². The predicted octanol–water partition coefficient (Wildman–Crippen LogP) is 1.37. The number of imidazole rings is 1. The summed E-state index contributed by atoms with van der Waals surface area (Å²) in [6.07, 6.45) is 7.19. The van der Waals surface area contributed by atoms with E-state index in [1.165, 1.54) is 5.69 Å². The molecule has 1 aliphatic heterocycles. The van der Waals surface area contributed by atoms with Gasteiger partial charge in [-0.1, -0.05) is 0 Å². The summed E-state index contributed by atoms with van der Waals surface area (Å²) in [7, 11) is 0. The van der Waals surface area contributed by atoms with Gasteiger partial charge < -0.3 is 9.88 Å². The van der Waals surface area contributed by atoms with E-state index in [0.717, 1.165) is 38.7 Å². The van der Waals surface area contributed by atoms with E-state index in [1.807, 2.05) is 12.3 Å². The monoisotopic (exact) mass is 316 g/mol. The van der Waals surface area contributed by atoms with Gasteiger partial charge in [0.05, 0.1) is 6.33 Å². The Morgan fingerprint density at radius 1 is 1.05 bits per heavy atom. The second-order valence-corrected chi connectivity index (χ2v) is 4.39. The molecule has 1 fully saturated rings. The van der Waals surface area contributed by atoms with Gasteiger partial charge in [0, 0.05) is 57.0 Å². The van der Waals surface area contributed by atoms with Crippen molar-refractivity contribution in [1.82, 2.24) is 24.8 Å². The lowest BCUT2D eigenvalue weighted by Crippen LogP contribution is -2.46. The van der Waals surface area contributed by atoms with E-state index in [1.54, 1.807) is 18.7 Å². The number of rotatable bonds is 3. The lowest BCUT2D eigenvalue weighted by Gasteiger charge is -2.34. The van der Waals surface area contributed by atoms with Crippen molar-refractivity contribution in [2.75, 3.05) is 31.1 Å². The van der Waals surface area contributed by atoms with E-state index in [9.17, 15) is 0 Å². The maximum Gasteiger partial charge on any atom is 0.225 e. The fraction of sp³-hybridized carbons (Fsp3) is 0.417. The molecule has 3 rings (SSSR count). The molecule has 0 aromatic carbocycles. The molecule has 20 heavy (non-hydrogen) atoms. The Labute approximate surface area is 130 Å². The first-order chi connectivity index (χ1) is 8.92. The third kappa shape index (κ3) is 4.06. The van der Waals surface area contributed by atoms with Gasteiger partial charge in [-0.25, -0.2) is 15.0 Å². The molecule has 0 spiro atoms. The van der Waals surface area contributed by atoms with Crippen LogP contribution >= 0.6 is 24.8 Å². The van der Waals surface area contributed by atoms with E-state index < -0.39 is 0 Å². The molecule has 0 bridgehead atoms. The van der Waals surface area contributed by atoms with Gasteiger partial charge in [-0.15, -0.1) is 24.8 Å². The Morgan fingerprint density at radius 2 is 1.75 bits per heavy atom. The van der Waals surface area contributed by atoms with Crippen molar-refractivity contribution in [2.24, 2.45) is 0 Å². The molecule has 0 unspecified atom stereocenters. The second-order valence-electron chi connectivity index (χ2n) is 4.39. The minimum atomic E-state index is 0. The highest BCUT2D eigenvalue weighted by atomic mass is 35.5. The van der Waals surface area contributed by atoms with E-state index >= 15 is 0 Å². The number of anilines is 1. The molecule has 0 saturated carbocycles. The first-order valence-electron chi connectivity index (χ1n) is 6.13. The molecular formula is C12H18Cl2N6. The third-order valence-electron chi connectivity index (χ3n) is 3.16. The number of aromatic amines is 1. The Morgan fingerprint density at radius 3 is 2.35 bits per heavy atom. The van der Waals surface area contributed by atoms with Crippen molar-refractivity contribution < 1.29 is 0 Å². The van der Waals surface area contributed by atoms with Crippen molar-refractivity contribution in [1.29, 1.82) is 0 Å². The van der Waals surface area contributed by atoms with Gasteiger partial charge in [-0.3, -0.25) is 4.90 Å². The number of hydrogen-bond acceptors (Lipinski definition) is 5. The zero-order valence-corrected chi connectivity index (χ0v) is 12.6. The van der Waals surface area contributed by atoms with Gasteiger partial charge in [0.2, 0.25) is 5.95 Å². The summed E-state index contributed by atoms with van der Waals surface area (Å²) in [5, 5.41) is 0. The molecule has 1 N–H and O–H groups in total. The molecule has 6 nitrogen and oxygen atoms in total. The highest BCUT2D eigenvalue weighted by Gasteiger charge is 2.18. The zero-order valence-electron chi connectivity index (χ0n) is 11.0. The van der Waals surface area contributed by atoms with Crippen LogP contribution in [0.1, 0.15) is 5.69 Å². The molecule has 0 radical (unpaired) electrons. The Hall–Kier alpha value is -1.37. The number of nitrogens with zero attached hydrogens (tertiary/aromatic N) is 5.